The van der Waals surface area contributed by atoms with Crippen molar-refractivity contribution in [3.8, 4) is 0 Å². The van der Waals surface area contributed by atoms with Crippen molar-refractivity contribution in [3.05, 3.63) is 24.3 Å². The Morgan fingerprint density at radius 3 is 2.18 bits per heavy atom. The molecule has 3 rings (SSSR count). The molecule has 1 N–H and O–H groups in total. The zero-order valence-corrected chi connectivity index (χ0v) is 13.9. The summed E-state index contributed by atoms with van der Waals surface area (Å²) in [7, 11) is 0. The number of thioether (sulfide) groups is 1. The fourth-order valence-electron chi connectivity index (χ4n) is 3.05. The van der Waals surface area contributed by atoms with Gasteiger partial charge in [0.05, 0.1) is 0 Å². The molecule has 120 valence electrons. The molecule has 2 fully saturated rings. The van der Waals surface area contributed by atoms with E-state index in [0.29, 0.717) is 0 Å². The Morgan fingerprint density at radius 1 is 0.909 bits per heavy atom. The molecule has 0 atom stereocenters. The van der Waals surface area contributed by atoms with Crippen LogP contribution in [0.1, 0.15) is 25.7 Å². The van der Waals surface area contributed by atoms with Crippen molar-refractivity contribution >= 4 is 29.2 Å². The molecule has 0 radical (unpaired) electrons. The molecule has 2 aliphatic heterocycles. The molecular weight excluding hydrogens is 294 g/mol. The molecule has 1 aromatic rings. The fraction of sp³-hybridized carbons (Fsp3) is 0.588. The summed E-state index contributed by atoms with van der Waals surface area (Å²) in [4.78, 5) is 16.7. The number of nitrogens with one attached hydrogen (secondary N) is 1. The molecule has 22 heavy (non-hydrogen) atoms. The highest BCUT2D eigenvalue weighted by molar-refractivity contribution is 7.99. The average Bonchev–Trinajstić information content (AvgIpc) is 2.86. The van der Waals surface area contributed by atoms with Crippen molar-refractivity contribution in [1.82, 2.24) is 4.90 Å². The lowest BCUT2D eigenvalue weighted by molar-refractivity contribution is 0.214. The summed E-state index contributed by atoms with van der Waals surface area (Å²) in [6, 6.07) is 8.32. The lowest BCUT2D eigenvalue weighted by Gasteiger charge is -2.28. The van der Waals surface area contributed by atoms with E-state index in [1.54, 1.807) is 0 Å². The van der Waals surface area contributed by atoms with Crippen LogP contribution in [0, 0.1) is 0 Å². The molecule has 0 spiro atoms. The number of hydrogen-bond acceptors (Lipinski definition) is 3. The topological polar surface area (TPSA) is 35.6 Å². The van der Waals surface area contributed by atoms with Gasteiger partial charge in [0.1, 0.15) is 0 Å². The summed E-state index contributed by atoms with van der Waals surface area (Å²) in [5, 5.41) is 3.03. The van der Waals surface area contributed by atoms with Crippen molar-refractivity contribution in [3.63, 3.8) is 0 Å². The molecule has 0 unspecified atom stereocenters. The van der Waals surface area contributed by atoms with Gasteiger partial charge < -0.3 is 15.1 Å². The van der Waals surface area contributed by atoms with E-state index >= 15 is 0 Å². The van der Waals surface area contributed by atoms with Crippen molar-refractivity contribution in [1.29, 1.82) is 0 Å². The van der Waals surface area contributed by atoms with E-state index in [9.17, 15) is 4.79 Å². The third kappa shape index (κ3) is 4.09. The Bertz CT molecular complexity index is 477. The first kappa shape index (κ1) is 15.5. The number of carbonyl (C=O) groups excluding carboxylic acids is 1. The predicted molar refractivity (Wildman–Crippen MR) is 95.0 cm³/mol. The Labute approximate surface area is 137 Å². The molecule has 5 heteroatoms. The van der Waals surface area contributed by atoms with Gasteiger partial charge in [0.15, 0.2) is 0 Å². The summed E-state index contributed by atoms with van der Waals surface area (Å²) >= 11 is 2.02. The van der Waals surface area contributed by atoms with Crippen LogP contribution in [0.3, 0.4) is 0 Å². The van der Waals surface area contributed by atoms with Gasteiger partial charge in [-0.1, -0.05) is 12.8 Å². The molecular formula is C17H25N3OS. The molecule has 2 aliphatic rings. The van der Waals surface area contributed by atoms with Crippen molar-refractivity contribution in [2.24, 2.45) is 0 Å². The van der Waals surface area contributed by atoms with Crippen LogP contribution < -0.4 is 10.2 Å². The molecule has 0 aliphatic carbocycles. The second-order valence-electron chi connectivity index (χ2n) is 5.98. The predicted octanol–water partition coefficient (Wildman–Crippen LogP) is 3.65. The summed E-state index contributed by atoms with van der Waals surface area (Å²) in [5.41, 5.74) is 2.15. The summed E-state index contributed by atoms with van der Waals surface area (Å²) in [6.45, 7) is 4.00. The number of rotatable bonds is 2. The molecule has 4 nitrogen and oxygen atoms in total. The molecule has 2 saturated heterocycles. The molecule has 0 saturated carbocycles. The second-order valence-corrected chi connectivity index (χ2v) is 7.20. The largest absolute Gasteiger partial charge is 0.370 e. The van der Waals surface area contributed by atoms with Gasteiger partial charge >= 0.3 is 6.03 Å². The van der Waals surface area contributed by atoms with Gasteiger partial charge in [0.25, 0.3) is 0 Å². The smallest absolute Gasteiger partial charge is 0.321 e. The Morgan fingerprint density at radius 2 is 1.55 bits per heavy atom. The Kier molecular flexibility index (Phi) is 5.48. The van der Waals surface area contributed by atoms with E-state index in [1.165, 1.54) is 30.0 Å². The van der Waals surface area contributed by atoms with Crippen LogP contribution in [0.15, 0.2) is 24.3 Å². The average molecular weight is 319 g/mol. The first-order chi connectivity index (χ1) is 10.8. The van der Waals surface area contributed by atoms with Crippen LogP contribution >= 0.6 is 11.8 Å². The standard InChI is InChI=1S/C17H25N3OS/c21-17(20-9-3-1-2-4-10-20)18-15-5-7-16(8-6-15)19-11-13-22-14-12-19/h5-8H,1-4,9-14H2,(H,18,21). The lowest BCUT2D eigenvalue weighted by Crippen LogP contribution is -2.35. The van der Waals surface area contributed by atoms with Gasteiger partial charge in [-0.15, -0.1) is 0 Å². The van der Waals surface area contributed by atoms with Crippen LogP contribution in [0.2, 0.25) is 0 Å². The van der Waals surface area contributed by atoms with E-state index in [-0.39, 0.29) is 6.03 Å². The van der Waals surface area contributed by atoms with Gasteiger partial charge in [-0.25, -0.2) is 4.79 Å². The fourth-order valence-corrected chi connectivity index (χ4v) is 3.96. The van der Waals surface area contributed by atoms with Crippen molar-refractivity contribution in [2.75, 3.05) is 47.9 Å². The summed E-state index contributed by atoms with van der Waals surface area (Å²) in [6.07, 6.45) is 4.73. The van der Waals surface area contributed by atoms with E-state index in [1.807, 2.05) is 28.8 Å². The third-order valence-corrected chi connectivity index (χ3v) is 5.33. The molecule has 1 aromatic carbocycles. The summed E-state index contributed by atoms with van der Waals surface area (Å²) < 4.78 is 0. The normalized spacial score (nSPS) is 19.6. The van der Waals surface area contributed by atoms with E-state index in [4.69, 9.17) is 0 Å². The van der Waals surface area contributed by atoms with Gasteiger partial charge in [-0.2, -0.15) is 11.8 Å². The minimum absolute atomic E-state index is 0.0454. The number of benzene rings is 1. The molecule has 0 aromatic heterocycles. The maximum Gasteiger partial charge on any atom is 0.321 e. The Balaban J connectivity index is 1.56. The minimum atomic E-state index is 0.0454. The first-order valence-electron chi connectivity index (χ1n) is 8.31. The van der Waals surface area contributed by atoms with E-state index in [0.717, 1.165) is 44.7 Å². The van der Waals surface area contributed by atoms with Gasteiger partial charge in [-0.3, -0.25) is 0 Å². The van der Waals surface area contributed by atoms with E-state index in [2.05, 4.69) is 22.3 Å². The number of urea groups is 1. The van der Waals surface area contributed by atoms with Crippen LogP contribution in [0.4, 0.5) is 16.2 Å². The number of hydrogen-bond donors (Lipinski definition) is 1. The molecule has 0 bridgehead atoms. The lowest BCUT2D eigenvalue weighted by atomic mass is 10.2. The first-order valence-corrected chi connectivity index (χ1v) is 9.47. The quantitative estimate of drug-likeness (QED) is 0.904. The minimum Gasteiger partial charge on any atom is -0.370 e. The monoisotopic (exact) mass is 319 g/mol. The van der Waals surface area contributed by atoms with Crippen molar-refractivity contribution < 1.29 is 4.79 Å². The second kappa shape index (κ2) is 7.77. The zero-order valence-electron chi connectivity index (χ0n) is 13.1. The van der Waals surface area contributed by atoms with Gasteiger partial charge in [0, 0.05) is 49.1 Å². The maximum absolute atomic E-state index is 12.3. The van der Waals surface area contributed by atoms with Gasteiger partial charge in [0.2, 0.25) is 0 Å². The number of amides is 2. The van der Waals surface area contributed by atoms with E-state index < -0.39 is 0 Å². The highest BCUT2D eigenvalue weighted by Crippen LogP contribution is 2.22. The third-order valence-electron chi connectivity index (χ3n) is 4.39. The summed E-state index contributed by atoms with van der Waals surface area (Å²) in [5.74, 6) is 2.40. The number of nitrogens with zero attached hydrogens (tertiary/aromatic N) is 2. The van der Waals surface area contributed by atoms with Crippen LogP contribution in [-0.4, -0.2) is 48.6 Å². The van der Waals surface area contributed by atoms with Crippen LogP contribution in [0.5, 0.6) is 0 Å². The van der Waals surface area contributed by atoms with Crippen LogP contribution in [-0.2, 0) is 0 Å². The number of likely N-dealkylation sites (tertiary alicyclic amines) is 1. The SMILES string of the molecule is O=C(Nc1ccc(N2CCSCC2)cc1)N1CCCCCC1. The zero-order chi connectivity index (χ0) is 15.2. The molecule has 2 amide bonds. The maximum atomic E-state index is 12.3. The van der Waals surface area contributed by atoms with Gasteiger partial charge in [-0.05, 0) is 37.1 Å². The van der Waals surface area contributed by atoms with Crippen LogP contribution in [0.25, 0.3) is 0 Å². The van der Waals surface area contributed by atoms with Crippen molar-refractivity contribution in [2.45, 2.75) is 25.7 Å². The highest BCUT2D eigenvalue weighted by Gasteiger charge is 2.16. The highest BCUT2D eigenvalue weighted by atomic mass is 32.2. The number of anilines is 2. The Hall–Kier alpha value is -1.36. The molecule has 2 heterocycles. The number of carbonyl (C=O) groups is 1.